The molecule has 1 aromatic rings. The second kappa shape index (κ2) is 7.09. The maximum Gasteiger partial charge on any atom is 0.124 e. The summed E-state index contributed by atoms with van der Waals surface area (Å²) in [4.78, 5) is 2.41. The molecule has 3 nitrogen and oxygen atoms in total. The predicted molar refractivity (Wildman–Crippen MR) is 82.2 cm³/mol. The van der Waals surface area contributed by atoms with Gasteiger partial charge in [-0.2, -0.15) is 0 Å². The fourth-order valence-corrected chi connectivity index (χ4v) is 3.06. The number of ether oxygens (including phenoxy) is 1. The van der Waals surface area contributed by atoms with E-state index in [1.165, 1.54) is 5.56 Å². The summed E-state index contributed by atoms with van der Waals surface area (Å²) in [5.74, 6) is 0.940. The maximum absolute atomic E-state index is 10.4. The molecule has 1 heterocycles. The molecule has 0 saturated heterocycles. The number of aliphatic hydroxyl groups is 1. The Kier molecular flexibility index (Phi) is 5.44. The molecule has 0 spiro atoms. The van der Waals surface area contributed by atoms with Crippen molar-refractivity contribution >= 4 is 0 Å². The standard InChI is InChI=1S/C17H27NO2/c1-4-9-18(10-5-2)17-14-11-13(6-3)7-8-16(14)20-12-15(17)19/h7-8,11,15,17,19H,4-6,9-10,12H2,1-3H3. The van der Waals surface area contributed by atoms with Crippen LogP contribution in [0.3, 0.4) is 0 Å². The van der Waals surface area contributed by atoms with Crippen molar-refractivity contribution in [2.45, 2.75) is 52.2 Å². The molecule has 1 aliphatic heterocycles. The maximum atomic E-state index is 10.4. The van der Waals surface area contributed by atoms with Crippen molar-refractivity contribution in [1.82, 2.24) is 4.90 Å². The van der Waals surface area contributed by atoms with Gasteiger partial charge in [0.1, 0.15) is 18.5 Å². The van der Waals surface area contributed by atoms with Gasteiger partial charge in [-0.15, -0.1) is 0 Å². The second-order valence-electron chi connectivity index (χ2n) is 5.58. The third-order valence-electron chi connectivity index (χ3n) is 3.99. The van der Waals surface area contributed by atoms with Gasteiger partial charge in [-0.1, -0.05) is 32.9 Å². The van der Waals surface area contributed by atoms with Gasteiger partial charge in [0.25, 0.3) is 0 Å². The number of nitrogens with zero attached hydrogens (tertiary/aromatic N) is 1. The predicted octanol–water partition coefficient (Wildman–Crippen LogP) is 3.17. The van der Waals surface area contributed by atoms with Crippen molar-refractivity contribution in [3.05, 3.63) is 29.3 Å². The number of aryl methyl sites for hydroxylation is 1. The average Bonchev–Trinajstić information content (AvgIpc) is 2.46. The van der Waals surface area contributed by atoms with Crippen molar-refractivity contribution in [1.29, 1.82) is 0 Å². The Morgan fingerprint density at radius 1 is 1.20 bits per heavy atom. The van der Waals surface area contributed by atoms with E-state index in [2.05, 4.69) is 43.9 Å². The molecular formula is C17H27NO2. The van der Waals surface area contributed by atoms with Crippen LogP contribution in [0.4, 0.5) is 0 Å². The molecule has 0 amide bonds. The topological polar surface area (TPSA) is 32.7 Å². The van der Waals surface area contributed by atoms with Crippen molar-refractivity contribution in [3.63, 3.8) is 0 Å². The minimum Gasteiger partial charge on any atom is -0.490 e. The van der Waals surface area contributed by atoms with E-state index < -0.39 is 6.10 Å². The second-order valence-corrected chi connectivity index (χ2v) is 5.58. The Balaban J connectivity index is 2.36. The largest absolute Gasteiger partial charge is 0.490 e. The van der Waals surface area contributed by atoms with E-state index in [1.54, 1.807) is 0 Å². The molecule has 2 rings (SSSR count). The van der Waals surface area contributed by atoms with Gasteiger partial charge in [0.05, 0.1) is 6.04 Å². The highest BCUT2D eigenvalue weighted by Gasteiger charge is 2.33. The molecule has 0 aromatic heterocycles. The van der Waals surface area contributed by atoms with Crippen LogP contribution in [-0.2, 0) is 6.42 Å². The van der Waals surface area contributed by atoms with Gasteiger partial charge in [0, 0.05) is 5.56 Å². The summed E-state index contributed by atoms with van der Waals surface area (Å²) < 4.78 is 5.70. The first kappa shape index (κ1) is 15.3. The van der Waals surface area contributed by atoms with E-state index in [0.717, 1.165) is 43.7 Å². The van der Waals surface area contributed by atoms with Crippen LogP contribution in [0.1, 0.15) is 50.8 Å². The Morgan fingerprint density at radius 2 is 1.90 bits per heavy atom. The summed E-state index contributed by atoms with van der Waals surface area (Å²) in [6.07, 6.45) is 2.78. The Labute approximate surface area is 122 Å². The number of rotatable bonds is 6. The lowest BCUT2D eigenvalue weighted by molar-refractivity contribution is -0.000245. The monoisotopic (exact) mass is 277 g/mol. The molecule has 20 heavy (non-hydrogen) atoms. The summed E-state index contributed by atoms with van der Waals surface area (Å²) in [6, 6.07) is 6.46. The van der Waals surface area contributed by atoms with Crippen LogP contribution in [-0.4, -0.2) is 35.8 Å². The Hall–Kier alpha value is -1.06. The van der Waals surface area contributed by atoms with Gasteiger partial charge in [0.15, 0.2) is 0 Å². The molecule has 1 aliphatic rings. The van der Waals surface area contributed by atoms with Crippen molar-refractivity contribution in [2.75, 3.05) is 19.7 Å². The summed E-state index contributed by atoms with van der Waals surface area (Å²) in [5, 5.41) is 10.4. The molecule has 0 saturated carbocycles. The fourth-order valence-electron chi connectivity index (χ4n) is 3.06. The first-order valence-corrected chi connectivity index (χ1v) is 7.88. The van der Waals surface area contributed by atoms with Crippen LogP contribution in [0.15, 0.2) is 18.2 Å². The highest BCUT2D eigenvalue weighted by atomic mass is 16.5. The number of hydrogen-bond donors (Lipinski definition) is 1. The molecule has 2 atom stereocenters. The molecule has 1 N–H and O–H groups in total. The minimum atomic E-state index is -0.437. The minimum absolute atomic E-state index is 0.0742. The van der Waals surface area contributed by atoms with E-state index in [-0.39, 0.29) is 6.04 Å². The summed E-state index contributed by atoms with van der Waals surface area (Å²) in [7, 11) is 0. The lowest BCUT2D eigenvalue weighted by Gasteiger charge is -2.39. The van der Waals surface area contributed by atoms with E-state index in [0.29, 0.717) is 6.61 Å². The average molecular weight is 277 g/mol. The van der Waals surface area contributed by atoms with Gasteiger partial charge < -0.3 is 9.84 Å². The fraction of sp³-hybridized carbons (Fsp3) is 0.647. The molecule has 112 valence electrons. The Morgan fingerprint density at radius 3 is 2.50 bits per heavy atom. The van der Waals surface area contributed by atoms with Crippen LogP contribution in [0, 0.1) is 0 Å². The molecule has 3 heteroatoms. The molecule has 0 aliphatic carbocycles. The zero-order valence-electron chi connectivity index (χ0n) is 12.9. The first-order valence-electron chi connectivity index (χ1n) is 7.88. The van der Waals surface area contributed by atoms with E-state index >= 15 is 0 Å². The third-order valence-corrected chi connectivity index (χ3v) is 3.99. The van der Waals surface area contributed by atoms with Crippen LogP contribution in [0.2, 0.25) is 0 Å². The SMILES string of the molecule is CCCN(CCC)C1c2cc(CC)ccc2OCC1O. The highest BCUT2D eigenvalue weighted by Crippen LogP contribution is 2.37. The Bertz CT molecular complexity index is 427. The van der Waals surface area contributed by atoms with Gasteiger partial charge in [-0.3, -0.25) is 4.90 Å². The van der Waals surface area contributed by atoms with Crippen molar-refractivity contribution in [2.24, 2.45) is 0 Å². The van der Waals surface area contributed by atoms with Gasteiger partial charge in [0.2, 0.25) is 0 Å². The van der Waals surface area contributed by atoms with E-state index in [1.807, 2.05) is 0 Å². The zero-order valence-corrected chi connectivity index (χ0v) is 12.9. The lowest BCUT2D eigenvalue weighted by Crippen LogP contribution is -2.43. The van der Waals surface area contributed by atoms with E-state index in [4.69, 9.17) is 4.74 Å². The summed E-state index contributed by atoms with van der Waals surface area (Å²) in [6.45, 7) is 8.98. The van der Waals surface area contributed by atoms with Crippen LogP contribution in [0.25, 0.3) is 0 Å². The first-order chi connectivity index (χ1) is 9.71. The van der Waals surface area contributed by atoms with Gasteiger partial charge in [-0.05, 0) is 44.0 Å². The van der Waals surface area contributed by atoms with Crippen LogP contribution in [0.5, 0.6) is 5.75 Å². The van der Waals surface area contributed by atoms with E-state index in [9.17, 15) is 5.11 Å². The third kappa shape index (κ3) is 3.15. The van der Waals surface area contributed by atoms with Crippen LogP contribution < -0.4 is 4.74 Å². The molecule has 1 aromatic carbocycles. The number of fused-ring (bicyclic) bond motifs is 1. The molecule has 2 unspecified atom stereocenters. The van der Waals surface area contributed by atoms with Crippen molar-refractivity contribution < 1.29 is 9.84 Å². The zero-order chi connectivity index (χ0) is 14.5. The molecular weight excluding hydrogens is 250 g/mol. The van der Waals surface area contributed by atoms with Crippen LogP contribution >= 0.6 is 0 Å². The molecule has 0 fully saturated rings. The quantitative estimate of drug-likeness (QED) is 0.867. The number of aliphatic hydroxyl groups excluding tert-OH is 1. The smallest absolute Gasteiger partial charge is 0.124 e. The number of benzene rings is 1. The highest BCUT2D eigenvalue weighted by molar-refractivity contribution is 5.41. The molecule has 0 bridgehead atoms. The summed E-state index contributed by atoms with van der Waals surface area (Å²) >= 11 is 0. The van der Waals surface area contributed by atoms with Gasteiger partial charge in [-0.25, -0.2) is 0 Å². The normalized spacial score (nSPS) is 21.6. The van der Waals surface area contributed by atoms with Gasteiger partial charge >= 0.3 is 0 Å². The molecule has 0 radical (unpaired) electrons. The number of hydrogen-bond acceptors (Lipinski definition) is 3. The van der Waals surface area contributed by atoms with Crippen molar-refractivity contribution in [3.8, 4) is 5.75 Å². The summed E-state index contributed by atoms with van der Waals surface area (Å²) in [5.41, 5.74) is 2.46. The lowest BCUT2D eigenvalue weighted by atomic mass is 9.94.